The molecule has 1 fully saturated rings. The third kappa shape index (κ3) is 6.58. The summed E-state index contributed by atoms with van der Waals surface area (Å²) in [5.74, 6) is 1.56. The van der Waals surface area contributed by atoms with Crippen molar-refractivity contribution in [3.8, 4) is 0 Å². The van der Waals surface area contributed by atoms with Gasteiger partial charge in [-0.3, -0.25) is 4.99 Å². The van der Waals surface area contributed by atoms with Gasteiger partial charge >= 0.3 is 0 Å². The molecule has 24 heavy (non-hydrogen) atoms. The molecule has 1 aromatic rings. The normalized spacial score (nSPS) is 20.9. The molecule has 0 bridgehead atoms. The summed E-state index contributed by atoms with van der Waals surface area (Å²) in [7, 11) is -2.88. The van der Waals surface area contributed by atoms with E-state index in [1.54, 1.807) is 0 Å². The van der Waals surface area contributed by atoms with Crippen molar-refractivity contribution in [2.75, 3.05) is 24.6 Å². The van der Waals surface area contributed by atoms with E-state index < -0.39 is 9.84 Å². The summed E-state index contributed by atoms with van der Waals surface area (Å²) in [6.07, 6.45) is 1.67. The lowest BCUT2D eigenvalue weighted by atomic mass is 9.97. The summed E-state index contributed by atoms with van der Waals surface area (Å²) in [4.78, 5) is 4.67. The first-order valence-corrected chi connectivity index (χ1v) is 10.2. The van der Waals surface area contributed by atoms with E-state index in [4.69, 9.17) is 0 Å². The van der Waals surface area contributed by atoms with Crippen LogP contribution >= 0.6 is 24.0 Å². The molecule has 0 radical (unpaired) electrons. The second kappa shape index (κ2) is 10.2. The van der Waals surface area contributed by atoms with Crippen molar-refractivity contribution in [3.05, 3.63) is 35.9 Å². The van der Waals surface area contributed by atoms with Gasteiger partial charge in [0.05, 0.1) is 11.5 Å². The van der Waals surface area contributed by atoms with Gasteiger partial charge < -0.3 is 10.6 Å². The van der Waals surface area contributed by atoms with E-state index >= 15 is 0 Å². The average Bonchev–Trinajstić information content (AvgIpc) is 2.88. The molecule has 1 aromatic carbocycles. The van der Waals surface area contributed by atoms with Crippen LogP contribution in [0, 0.1) is 0 Å². The summed E-state index contributed by atoms with van der Waals surface area (Å²) in [6, 6.07) is 10.4. The van der Waals surface area contributed by atoms with Crippen molar-refractivity contribution in [2.24, 2.45) is 4.99 Å². The van der Waals surface area contributed by atoms with Gasteiger partial charge in [0.25, 0.3) is 0 Å². The fraction of sp³-hybridized carbons (Fsp3) is 0.588. The molecule has 136 valence electrons. The van der Waals surface area contributed by atoms with Crippen LogP contribution in [0.2, 0.25) is 0 Å². The molecule has 2 N–H and O–H groups in total. The number of rotatable bonds is 6. The Labute approximate surface area is 162 Å². The minimum Gasteiger partial charge on any atom is -0.357 e. The lowest BCUT2D eigenvalue weighted by molar-refractivity contribution is 0.599. The lowest BCUT2D eigenvalue weighted by Gasteiger charge is -2.18. The molecule has 0 spiro atoms. The van der Waals surface area contributed by atoms with Crippen LogP contribution in [0.3, 0.4) is 0 Å². The zero-order valence-electron chi connectivity index (χ0n) is 14.4. The zero-order chi connectivity index (χ0) is 16.7. The topological polar surface area (TPSA) is 70.6 Å². The smallest absolute Gasteiger partial charge is 0.191 e. The van der Waals surface area contributed by atoms with Crippen LogP contribution in [-0.2, 0) is 9.84 Å². The molecule has 1 heterocycles. The van der Waals surface area contributed by atoms with E-state index in [-0.39, 0.29) is 41.5 Å². The van der Waals surface area contributed by atoms with E-state index in [1.807, 2.05) is 13.0 Å². The maximum Gasteiger partial charge on any atom is 0.191 e. The maximum absolute atomic E-state index is 11.6. The largest absolute Gasteiger partial charge is 0.357 e. The van der Waals surface area contributed by atoms with Crippen LogP contribution in [0.1, 0.15) is 38.2 Å². The van der Waals surface area contributed by atoms with E-state index in [0.29, 0.717) is 24.8 Å². The molecule has 2 rings (SSSR count). The molecule has 0 aromatic heterocycles. The molecule has 2 atom stereocenters. The third-order valence-electron chi connectivity index (χ3n) is 4.15. The highest BCUT2D eigenvalue weighted by Gasteiger charge is 2.28. The van der Waals surface area contributed by atoms with E-state index in [1.165, 1.54) is 5.56 Å². The SMILES string of the molecule is CCNC(=NCC(CC)c1ccccc1)NC1CCS(=O)(=O)C1.I. The predicted molar refractivity (Wildman–Crippen MR) is 111 cm³/mol. The fourth-order valence-corrected chi connectivity index (χ4v) is 4.49. The lowest BCUT2D eigenvalue weighted by Crippen LogP contribution is -2.44. The molecule has 1 saturated heterocycles. The molecule has 0 aliphatic carbocycles. The van der Waals surface area contributed by atoms with Crippen LogP contribution in [0.25, 0.3) is 0 Å². The van der Waals surface area contributed by atoms with Gasteiger partial charge in [-0.2, -0.15) is 0 Å². The van der Waals surface area contributed by atoms with Gasteiger partial charge in [0, 0.05) is 25.0 Å². The molecule has 1 aliphatic rings. The van der Waals surface area contributed by atoms with Crippen molar-refractivity contribution in [2.45, 2.75) is 38.6 Å². The minimum atomic E-state index is -2.88. The Morgan fingerprint density at radius 2 is 2.00 bits per heavy atom. The number of hydrogen-bond donors (Lipinski definition) is 2. The minimum absolute atomic E-state index is 0. The summed E-state index contributed by atoms with van der Waals surface area (Å²) in [5.41, 5.74) is 1.29. The Morgan fingerprint density at radius 1 is 1.29 bits per heavy atom. The summed E-state index contributed by atoms with van der Waals surface area (Å²) in [6.45, 7) is 5.62. The molecule has 1 aliphatic heterocycles. The van der Waals surface area contributed by atoms with Gasteiger partial charge in [0.2, 0.25) is 0 Å². The maximum atomic E-state index is 11.6. The first kappa shape index (κ1) is 21.2. The molecular weight excluding hydrogens is 437 g/mol. The first-order valence-electron chi connectivity index (χ1n) is 8.34. The number of nitrogens with one attached hydrogen (secondary N) is 2. The van der Waals surface area contributed by atoms with Gasteiger partial charge in [0.1, 0.15) is 0 Å². The van der Waals surface area contributed by atoms with Crippen molar-refractivity contribution in [3.63, 3.8) is 0 Å². The van der Waals surface area contributed by atoms with E-state index in [9.17, 15) is 8.42 Å². The summed E-state index contributed by atoms with van der Waals surface area (Å²) >= 11 is 0. The predicted octanol–water partition coefficient (Wildman–Crippen LogP) is 2.54. The van der Waals surface area contributed by atoms with Crippen LogP contribution in [0.5, 0.6) is 0 Å². The molecule has 7 heteroatoms. The Morgan fingerprint density at radius 3 is 2.54 bits per heavy atom. The van der Waals surface area contributed by atoms with Crippen molar-refractivity contribution in [1.29, 1.82) is 0 Å². The van der Waals surface area contributed by atoms with Gasteiger partial charge in [-0.25, -0.2) is 8.42 Å². The first-order chi connectivity index (χ1) is 11.0. The van der Waals surface area contributed by atoms with Crippen molar-refractivity contribution >= 4 is 39.8 Å². The quantitative estimate of drug-likeness (QED) is 0.385. The highest BCUT2D eigenvalue weighted by molar-refractivity contribution is 14.0. The molecule has 5 nitrogen and oxygen atoms in total. The second-order valence-corrected chi connectivity index (χ2v) is 8.21. The molecule has 0 saturated carbocycles. The molecule has 0 amide bonds. The Balaban J connectivity index is 0.00000288. The Hall–Kier alpha value is -0.830. The van der Waals surface area contributed by atoms with Gasteiger partial charge in [-0.05, 0) is 25.3 Å². The van der Waals surface area contributed by atoms with Gasteiger partial charge in [-0.15, -0.1) is 24.0 Å². The standard InChI is InChI=1S/C17H27N3O2S.HI/c1-3-14(15-8-6-5-7-9-15)12-19-17(18-4-2)20-16-10-11-23(21,22)13-16;/h5-9,14,16H,3-4,10-13H2,1-2H3,(H2,18,19,20);1H. The number of sulfone groups is 1. The monoisotopic (exact) mass is 465 g/mol. The number of guanidine groups is 1. The van der Waals surface area contributed by atoms with Crippen molar-refractivity contribution in [1.82, 2.24) is 10.6 Å². The number of hydrogen-bond acceptors (Lipinski definition) is 3. The van der Waals surface area contributed by atoms with Crippen LogP contribution in [-0.4, -0.2) is 45.0 Å². The van der Waals surface area contributed by atoms with Gasteiger partial charge in [-0.1, -0.05) is 37.3 Å². The van der Waals surface area contributed by atoms with E-state index in [0.717, 1.165) is 13.0 Å². The second-order valence-electron chi connectivity index (χ2n) is 5.98. The number of halogens is 1. The average molecular weight is 465 g/mol. The highest BCUT2D eigenvalue weighted by atomic mass is 127. The zero-order valence-corrected chi connectivity index (χ0v) is 17.5. The van der Waals surface area contributed by atoms with Gasteiger partial charge in [0.15, 0.2) is 15.8 Å². The fourth-order valence-electron chi connectivity index (χ4n) is 2.82. The van der Waals surface area contributed by atoms with Crippen LogP contribution in [0.15, 0.2) is 35.3 Å². The van der Waals surface area contributed by atoms with Crippen LogP contribution in [0.4, 0.5) is 0 Å². The number of nitrogens with zero attached hydrogens (tertiary/aromatic N) is 1. The summed E-state index contributed by atoms with van der Waals surface area (Å²) in [5, 5.41) is 6.47. The highest BCUT2D eigenvalue weighted by Crippen LogP contribution is 2.19. The van der Waals surface area contributed by atoms with Crippen molar-refractivity contribution < 1.29 is 8.42 Å². The third-order valence-corrected chi connectivity index (χ3v) is 5.92. The Kier molecular flexibility index (Phi) is 9.04. The number of benzene rings is 1. The molecule has 2 unspecified atom stereocenters. The summed E-state index contributed by atoms with van der Waals surface area (Å²) < 4.78 is 23.2. The molecular formula is C17H28IN3O2S. The Bertz CT molecular complexity index is 620. The van der Waals surface area contributed by atoms with Crippen LogP contribution < -0.4 is 10.6 Å². The van der Waals surface area contributed by atoms with E-state index in [2.05, 4.69) is 46.8 Å². The number of aliphatic imine (C=N–C) groups is 1.